The second kappa shape index (κ2) is 43.6. The highest BCUT2D eigenvalue weighted by molar-refractivity contribution is 6.00. The summed E-state index contributed by atoms with van der Waals surface area (Å²) < 4.78 is 100.0. The number of ether oxygens (including phenoxy) is 16. The summed E-state index contributed by atoms with van der Waals surface area (Å²) in [6.07, 6.45) is -58.0. The quantitative estimate of drug-likeness (QED) is 0.0400. The Labute approximate surface area is 831 Å². The molecular formula is C95H112N8O44+2. The zero-order valence-electron chi connectivity index (χ0n) is 78.1. The average molecular weight is 2070 g/mol. The minimum absolute atomic E-state index is 0.0457. The van der Waals surface area contributed by atoms with Gasteiger partial charge in [0.15, 0.2) is 66.3 Å². The molecule has 6 saturated heterocycles. The Morgan fingerprint density at radius 2 is 0.946 bits per heavy atom. The number of hydrogen-bond donors (Lipinski definition) is 29. The van der Waals surface area contributed by atoms with Gasteiger partial charge in [-0.25, -0.2) is 4.79 Å². The van der Waals surface area contributed by atoms with Crippen molar-refractivity contribution in [2.75, 3.05) is 33.5 Å². The van der Waals surface area contributed by atoms with Crippen molar-refractivity contribution in [3.05, 3.63) is 166 Å². The van der Waals surface area contributed by atoms with E-state index in [-0.39, 0.29) is 51.7 Å². The summed E-state index contributed by atoms with van der Waals surface area (Å²) in [5.74, 6) is -17.3. The number of hydrogen-bond acceptors (Lipinski definition) is 44. The Bertz CT molecular complexity index is 6010. The van der Waals surface area contributed by atoms with Gasteiger partial charge in [0.25, 0.3) is 5.91 Å². The second-order valence-corrected chi connectivity index (χ2v) is 37.1. The first-order valence-corrected chi connectivity index (χ1v) is 46.6. The molecule has 12 aliphatic rings. The van der Waals surface area contributed by atoms with Crippen LogP contribution in [0.15, 0.2) is 121 Å². The molecule has 0 spiro atoms. The van der Waals surface area contributed by atoms with Crippen molar-refractivity contribution in [1.29, 1.82) is 0 Å². The van der Waals surface area contributed by atoms with Crippen LogP contribution in [0.3, 0.4) is 0 Å². The summed E-state index contributed by atoms with van der Waals surface area (Å²) in [6, 6.07) is 5.26. The van der Waals surface area contributed by atoms with Crippen LogP contribution in [0.5, 0.6) is 69.0 Å². The number of esters is 1. The highest BCUT2D eigenvalue weighted by atomic mass is 16.8. The number of fused-ring (bicyclic) bond motifs is 14. The molecule has 52 heteroatoms. The van der Waals surface area contributed by atoms with E-state index in [0.717, 1.165) is 67.8 Å². The first-order valence-electron chi connectivity index (χ1n) is 46.6. The highest BCUT2D eigenvalue weighted by Gasteiger charge is 2.57. The van der Waals surface area contributed by atoms with E-state index in [4.69, 9.17) is 75.8 Å². The maximum absolute atomic E-state index is 17.3. The lowest BCUT2D eigenvalue weighted by atomic mass is 9.89. The molecule has 0 saturated carbocycles. The van der Waals surface area contributed by atoms with E-state index in [0.29, 0.717) is 0 Å². The molecule has 33 N–H and O–H groups in total. The number of methoxy groups -OCH3 is 1. The lowest BCUT2D eigenvalue weighted by Crippen LogP contribution is -2.71. The number of rotatable bonds is 16. The molecule has 17 bridgehead atoms. The normalized spacial score (nSPS) is 36.2. The predicted octanol–water partition coefficient (Wildman–Crippen LogP) is -7.93. The maximum Gasteiger partial charge on any atom is 0.333 e. The Morgan fingerprint density at radius 1 is 0.429 bits per heavy atom. The lowest BCUT2D eigenvalue weighted by Gasteiger charge is -2.48. The van der Waals surface area contributed by atoms with Crippen LogP contribution in [-0.4, -0.2) is 366 Å². The average Bonchev–Trinajstić information content (AvgIpc) is 0.742. The number of aromatic hydroxyl groups is 4. The Kier molecular flexibility index (Phi) is 31.5. The van der Waals surface area contributed by atoms with Gasteiger partial charge in [-0.2, -0.15) is 0 Å². The van der Waals surface area contributed by atoms with Crippen molar-refractivity contribution in [2.45, 2.75) is 254 Å². The molecule has 12 aliphatic heterocycles. The highest BCUT2D eigenvalue weighted by Crippen LogP contribution is 2.51. The van der Waals surface area contributed by atoms with Crippen LogP contribution >= 0.6 is 0 Å². The van der Waals surface area contributed by atoms with Gasteiger partial charge < -0.3 is 226 Å². The van der Waals surface area contributed by atoms with Crippen molar-refractivity contribution < 1.29 is 228 Å². The summed E-state index contributed by atoms with van der Waals surface area (Å²) in [5, 5.41) is 257. The number of phenolic OH excluding ortho intramolecular Hbond substituents is 4. The number of phenols is 4. The van der Waals surface area contributed by atoms with E-state index in [1.165, 1.54) is 81.4 Å². The van der Waals surface area contributed by atoms with E-state index >= 15 is 24.0 Å². The molecule has 794 valence electrons. The largest absolute Gasteiger partial charge is 0.508 e. The molecule has 147 heavy (non-hydrogen) atoms. The Morgan fingerprint density at radius 3 is 1.59 bits per heavy atom. The van der Waals surface area contributed by atoms with Crippen LogP contribution in [0.4, 0.5) is 0 Å². The van der Waals surface area contributed by atoms with E-state index in [1.54, 1.807) is 0 Å². The van der Waals surface area contributed by atoms with Gasteiger partial charge in [-0.15, -0.1) is 0 Å². The molecule has 7 aromatic rings. The number of aliphatic hydroxyl groups excluding tert-OH is 17. The van der Waals surface area contributed by atoms with Gasteiger partial charge in [0.05, 0.1) is 52.2 Å². The molecule has 0 aromatic heterocycles. The van der Waals surface area contributed by atoms with Gasteiger partial charge in [0.2, 0.25) is 47.9 Å². The molecule has 19 rings (SSSR count). The summed E-state index contributed by atoms with van der Waals surface area (Å²) in [7, 11) is 0.881. The molecule has 0 aliphatic carbocycles. The Hall–Kier alpha value is -12.1. The first kappa shape index (κ1) is 106. The van der Waals surface area contributed by atoms with E-state index < -0.39 is 374 Å². The molecule has 52 nitrogen and oxygen atoms in total. The number of benzene rings is 7. The number of aliphatic hydroxyl groups is 17. The standard InChI is InChI=1S/C95H110N8O44/c1-30-47(109)18-37-20-49(30)139-50-19-35(9-16-46(50)108)59(97)84(125)102-64-68(113)33-5-11-40(12-6-33)137-52-21-38-22-53(81(52)145-95-83(76(121)72(117)56(143-95)29-134-91-78(123)73(118)67(112)32(3)136-91)147-94-82(75(120)71(116)55(27-105)142-94)146-92-77(122)69(114)48(110)28-133-92)138-41-13-7-34(8-14-41)80(144-57-25-44(96)66(111)31(2)135-57)65-89(130)101-63(90(131)132-4)43-23-39(106)24-51(140-93-79(124)74(119)70(115)54(26-104)141-93)58(43)42-17-36(10-15-45(42)107)60(85(126)103-65)98-87(128)62(38)99-86(127)61(37)100-88(64)129/h5-24,31-32,44,48,54-57,59-80,82-83,91-95,104-124H,25-29,96-97H2,1-4H3,(H,98,128)(H,99,127)(H,100,129)(H,101,130)(H,102,125)(H,103,126)/p+2/t31-,32-,44+,48+,54+,55+,56+,57-,59+,60+,61-,62+,63-,64+,65-,66-,67-,68+,69+,70+,71+,72+,73+,74-,75-,76-,77-,78+,79-,80+,82-,83+,91+,92-,93+,94+,95-/m0/s1. The monoisotopic (exact) mass is 2070 g/mol. The SMILES string of the molecule is COC(=O)[C@H]1NC(=O)[C@H]2NC(=O)[C@H](NC(=O)[C@@H]3NC(=O)[C@H]4NC(=O)[C@H](NC(=O)[C@H]([NH3+])c5ccc(O)c(c5)Oc5cc4cc(O)c5C)[C@H](O)c4ccc(cc4)Oc4cc3cc(c4O[C@@H]3O[C@H](CO[C@@H]4O[C@@H](C)[C@H](O)[C@@H](O)[C@H]4O)[C@@H](O)[C@H](O)[C@H]3O[C@H]3O[C@H](CO)[C@@H](O)[C@H](O)[C@@H]3O[C@@H]3OC[C@@H](O)[C@@H](O)[C@@H]3O)Oc3ccc(cc3)[C@H]2O[C@H]2C[C@@H]([NH3+])[C@@H](O)[C@H](C)O2)c2ccc(O)c(c2)-c2c(O[C@@H]3O[C@H](CO)[C@@H](O)[C@H](O)[C@@H]3O)cc(O)cc21. The zero-order valence-corrected chi connectivity index (χ0v) is 78.1. The van der Waals surface area contributed by atoms with E-state index in [1.807, 2.05) is 0 Å². The predicted molar refractivity (Wildman–Crippen MR) is 480 cm³/mol. The van der Waals surface area contributed by atoms with Gasteiger partial charge in [-0.05, 0) is 134 Å². The molecule has 12 heterocycles. The number of nitrogens with one attached hydrogen (secondary N) is 6. The topological polar surface area (TPSA) is 819 Å². The fraction of sp³-hybridized carbons (Fsp3) is 0.484. The van der Waals surface area contributed by atoms with Gasteiger partial charge in [0.1, 0.15) is 199 Å². The summed E-state index contributed by atoms with van der Waals surface area (Å²) in [4.78, 5) is 113. The van der Waals surface area contributed by atoms with Gasteiger partial charge >= 0.3 is 5.97 Å². The van der Waals surface area contributed by atoms with Crippen LogP contribution in [-0.2, 0) is 85.7 Å². The van der Waals surface area contributed by atoms with Crippen molar-refractivity contribution in [3.63, 3.8) is 0 Å². The smallest absolute Gasteiger partial charge is 0.333 e. The summed E-state index contributed by atoms with van der Waals surface area (Å²) in [5.41, 5.74) is 4.41. The first-order chi connectivity index (χ1) is 70.0. The summed E-state index contributed by atoms with van der Waals surface area (Å²) in [6.45, 7) is 0.220. The van der Waals surface area contributed by atoms with Crippen LogP contribution in [0.1, 0.15) is 107 Å². The van der Waals surface area contributed by atoms with Crippen LogP contribution < -0.4 is 67.1 Å². The van der Waals surface area contributed by atoms with Gasteiger partial charge in [-0.1, -0.05) is 30.3 Å². The molecular weight excluding hydrogens is 1960 g/mol. The van der Waals surface area contributed by atoms with Crippen LogP contribution in [0.2, 0.25) is 0 Å². The van der Waals surface area contributed by atoms with Crippen molar-refractivity contribution >= 4 is 41.4 Å². The molecule has 37 atom stereocenters. The van der Waals surface area contributed by atoms with Crippen molar-refractivity contribution in [2.24, 2.45) is 0 Å². The molecule has 0 unspecified atom stereocenters. The number of quaternary nitrogens is 2. The van der Waals surface area contributed by atoms with Crippen LogP contribution in [0, 0.1) is 6.92 Å². The second-order valence-electron chi connectivity index (χ2n) is 37.1. The van der Waals surface area contributed by atoms with Gasteiger partial charge in [0, 0.05) is 33.9 Å². The number of carbonyl (C=O) groups excluding carboxylic acids is 7. The fourth-order valence-electron chi connectivity index (χ4n) is 18.7. The minimum atomic E-state index is -2.59. The third-order valence-electron chi connectivity index (χ3n) is 27.3. The van der Waals surface area contributed by atoms with Crippen molar-refractivity contribution in [1.82, 2.24) is 31.9 Å². The molecule has 6 fully saturated rings. The van der Waals surface area contributed by atoms with Crippen LogP contribution in [0.25, 0.3) is 11.1 Å². The number of carbonyl (C=O) groups is 7. The maximum atomic E-state index is 17.3. The van der Waals surface area contributed by atoms with E-state index in [9.17, 15) is 117 Å². The minimum Gasteiger partial charge on any atom is -0.508 e. The molecule has 0 radical (unpaired) electrons. The summed E-state index contributed by atoms with van der Waals surface area (Å²) >= 11 is 0. The molecule has 7 aromatic carbocycles. The third-order valence-corrected chi connectivity index (χ3v) is 27.3. The van der Waals surface area contributed by atoms with Crippen molar-refractivity contribution in [3.8, 4) is 80.1 Å². The molecule has 6 amide bonds. The number of amides is 6. The fourth-order valence-corrected chi connectivity index (χ4v) is 18.7. The van der Waals surface area contributed by atoms with E-state index in [2.05, 4.69) is 43.4 Å². The van der Waals surface area contributed by atoms with Gasteiger partial charge in [-0.3, -0.25) is 28.8 Å². The zero-order chi connectivity index (χ0) is 105. The lowest BCUT2D eigenvalue weighted by molar-refractivity contribution is -0.466. The third kappa shape index (κ3) is 21.4. The Balaban J connectivity index is 0.908.